The summed E-state index contributed by atoms with van der Waals surface area (Å²) in [5.41, 5.74) is 3.75. The minimum absolute atomic E-state index is 0.00978. The molecule has 28 heavy (non-hydrogen) atoms. The van der Waals surface area contributed by atoms with Crippen LogP contribution < -0.4 is 11.0 Å². The van der Waals surface area contributed by atoms with Gasteiger partial charge in [0.25, 0.3) is 0 Å². The van der Waals surface area contributed by atoms with Crippen LogP contribution in [0, 0.1) is 11.6 Å². The van der Waals surface area contributed by atoms with E-state index in [-0.39, 0.29) is 28.6 Å². The van der Waals surface area contributed by atoms with Crippen molar-refractivity contribution < 1.29 is 8.78 Å². The standard InChI is InChI=1S/C19H12ClF2N5O/c20-14-6-1-11(9-15(14)22)10-25-27-18(12-2-4-13(21)5-3-12)26-17-16(19(27)28)23-7-8-24-17/h1-9,25H,10H2. The molecule has 2 aromatic heterocycles. The molecule has 0 atom stereocenters. The average molecular weight is 400 g/mol. The van der Waals surface area contributed by atoms with Crippen LogP contribution in [-0.2, 0) is 6.54 Å². The molecule has 4 rings (SSSR count). The van der Waals surface area contributed by atoms with Crippen LogP contribution in [0.5, 0.6) is 0 Å². The topological polar surface area (TPSA) is 72.7 Å². The van der Waals surface area contributed by atoms with Crippen LogP contribution in [0.15, 0.2) is 59.7 Å². The number of nitrogens with zero attached hydrogens (tertiary/aromatic N) is 4. The fourth-order valence-corrected chi connectivity index (χ4v) is 2.79. The molecule has 4 aromatic rings. The average Bonchev–Trinajstić information content (AvgIpc) is 2.70. The number of nitrogens with one attached hydrogen (secondary N) is 1. The van der Waals surface area contributed by atoms with Gasteiger partial charge in [0, 0.05) is 18.0 Å². The largest absolute Gasteiger partial charge is 0.317 e. The van der Waals surface area contributed by atoms with Gasteiger partial charge in [-0.25, -0.2) is 28.4 Å². The van der Waals surface area contributed by atoms with Crippen molar-refractivity contribution in [2.45, 2.75) is 6.54 Å². The van der Waals surface area contributed by atoms with E-state index in [4.69, 9.17) is 11.6 Å². The van der Waals surface area contributed by atoms with Crippen LogP contribution in [0.1, 0.15) is 5.56 Å². The molecular formula is C19H12ClF2N5O. The molecule has 2 aromatic carbocycles. The van der Waals surface area contributed by atoms with Crippen LogP contribution in [0.4, 0.5) is 8.78 Å². The van der Waals surface area contributed by atoms with Crippen LogP contribution in [0.2, 0.25) is 5.02 Å². The Labute approximate surface area is 162 Å². The Kier molecular flexibility index (Phi) is 4.70. The van der Waals surface area contributed by atoms with Gasteiger partial charge in [-0.2, -0.15) is 0 Å². The first-order chi connectivity index (χ1) is 13.5. The van der Waals surface area contributed by atoms with Crippen molar-refractivity contribution in [1.82, 2.24) is 19.6 Å². The van der Waals surface area contributed by atoms with Crippen molar-refractivity contribution in [3.63, 3.8) is 0 Å². The normalized spacial score (nSPS) is 11.0. The summed E-state index contributed by atoms with van der Waals surface area (Å²) in [6.45, 7) is 0.121. The van der Waals surface area contributed by atoms with E-state index in [1.54, 1.807) is 6.07 Å². The van der Waals surface area contributed by atoms with Gasteiger partial charge in [0.1, 0.15) is 11.6 Å². The first-order valence-electron chi connectivity index (χ1n) is 8.20. The summed E-state index contributed by atoms with van der Waals surface area (Å²) in [5, 5.41) is 0.00978. The molecule has 0 saturated heterocycles. The molecule has 140 valence electrons. The molecule has 1 N–H and O–H groups in total. The number of hydrogen-bond acceptors (Lipinski definition) is 5. The molecule has 0 bridgehead atoms. The van der Waals surface area contributed by atoms with Crippen molar-refractivity contribution in [1.29, 1.82) is 0 Å². The lowest BCUT2D eigenvalue weighted by atomic mass is 10.2. The lowest BCUT2D eigenvalue weighted by Crippen LogP contribution is -2.32. The van der Waals surface area contributed by atoms with Gasteiger partial charge in [-0.1, -0.05) is 17.7 Å². The van der Waals surface area contributed by atoms with E-state index in [2.05, 4.69) is 20.4 Å². The number of fused-ring (bicyclic) bond motifs is 1. The SMILES string of the molecule is O=c1c2nccnc2nc(-c2ccc(F)cc2)n1NCc1ccc(Cl)c(F)c1. The van der Waals surface area contributed by atoms with E-state index in [1.807, 2.05) is 0 Å². The number of rotatable bonds is 4. The number of aromatic nitrogens is 4. The van der Waals surface area contributed by atoms with Gasteiger partial charge in [0.15, 0.2) is 17.0 Å². The van der Waals surface area contributed by atoms with Gasteiger partial charge in [0.05, 0.1) is 11.6 Å². The number of halogens is 3. The monoisotopic (exact) mass is 399 g/mol. The van der Waals surface area contributed by atoms with Crippen LogP contribution in [0.3, 0.4) is 0 Å². The Bertz CT molecular complexity index is 1230. The maximum Gasteiger partial charge on any atom is 0.300 e. The fraction of sp³-hybridized carbons (Fsp3) is 0.0526. The molecule has 0 fully saturated rings. The highest BCUT2D eigenvalue weighted by Crippen LogP contribution is 2.19. The Morgan fingerprint density at radius 1 is 1.04 bits per heavy atom. The maximum atomic E-state index is 13.7. The van der Waals surface area contributed by atoms with Gasteiger partial charge in [-0.3, -0.25) is 4.79 Å². The van der Waals surface area contributed by atoms with E-state index >= 15 is 0 Å². The predicted molar refractivity (Wildman–Crippen MR) is 101 cm³/mol. The van der Waals surface area contributed by atoms with Gasteiger partial charge in [-0.05, 0) is 42.0 Å². The zero-order chi connectivity index (χ0) is 19.7. The van der Waals surface area contributed by atoms with Crippen molar-refractivity contribution in [2.75, 3.05) is 5.43 Å². The van der Waals surface area contributed by atoms with Crippen molar-refractivity contribution in [2.24, 2.45) is 0 Å². The molecule has 9 heteroatoms. The molecular weight excluding hydrogens is 388 g/mol. The maximum absolute atomic E-state index is 13.7. The summed E-state index contributed by atoms with van der Waals surface area (Å²) in [6, 6.07) is 9.87. The Morgan fingerprint density at radius 3 is 2.54 bits per heavy atom. The van der Waals surface area contributed by atoms with Crippen LogP contribution in [-0.4, -0.2) is 19.6 Å². The van der Waals surface area contributed by atoms with Gasteiger partial charge in [0.2, 0.25) is 0 Å². The second-order valence-corrected chi connectivity index (χ2v) is 6.30. The van der Waals surface area contributed by atoms with Gasteiger partial charge < -0.3 is 5.43 Å². The molecule has 0 radical (unpaired) electrons. The summed E-state index contributed by atoms with van der Waals surface area (Å²) in [5.74, 6) is -0.746. The summed E-state index contributed by atoms with van der Waals surface area (Å²) in [4.78, 5) is 25.4. The minimum Gasteiger partial charge on any atom is -0.317 e. The predicted octanol–water partition coefficient (Wildman–Crippen LogP) is 3.53. The highest BCUT2D eigenvalue weighted by molar-refractivity contribution is 6.30. The van der Waals surface area contributed by atoms with Crippen molar-refractivity contribution >= 4 is 22.8 Å². The van der Waals surface area contributed by atoms with Gasteiger partial charge >= 0.3 is 5.56 Å². The number of hydrogen-bond donors (Lipinski definition) is 1. The molecule has 0 aliphatic heterocycles. The van der Waals surface area contributed by atoms with Gasteiger partial charge in [-0.15, -0.1) is 0 Å². The van der Waals surface area contributed by atoms with E-state index in [0.29, 0.717) is 11.1 Å². The zero-order valence-corrected chi connectivity index (χ0v) is 15.0. The third-order valence-corrected chi connectivity index (χ3v) is 4.34. The van der Waals surface area contributed by atoms with E-state index in [9.17, 15) is 13.6 Å². The second kappa shape index (κ2) is 7.32. The highest BCUT2D eigenvalue weighted by atomic mass is 35.5. The highest BCUT2D eigenvalue weighted by Gasteiger charge is 2.15. The summed E-state index contributed by atoms with van der Waals surface area (Å²) >= 11 is 5.70. The Hall–Kier alpha value is -3.39. The Balaban J connectivity index is 1.81. The van der Waals surface area contributed by atoms with Crippen LogP contribution in [0.25, 0.3) is 22.6 Å². The molecule has 0 saturated carbocycles. The number of benzene rings is 2. The fourth-order valence-electron chi connectivity index (χ4n) is 2.67. The quantitative estimate of drug-likeness (QED) is 0.568. The molecule has 0 spiro atoms. The third kappa shape index (κ3) is 3.41. The summed E-state index contributed by atoms with van der Waals surface area (Å²) in [7, 11) is 0. The smallest absolute Gasteiger partial charge is 0.300 e. The van der Waals surface area contributed by atoms with Crippen molar-refractivity contribution in [3.8, 4) is 11.4 Å². The van der Waals surface area contributed by atoms with Crippen molar-refractivity contribution in [3.05, 3.63) is 87.4 Å². The molecule has 0 amide bonds. The first-order valence-corrected chi connectivity index (χ1v) is 8.58. The lowest BCUT2D eigenvalue weighted by molar-refractivity contribution is 0.625. The second-order valence-electron chi connectivity index (χ2n) is 5.89. The van der Waals surface area contributed by atoms with E-state index in [1.165, 1.54) is 53.5 Å². The Morgan fingerprint density at radius 2 is 1.79 bits per heavy atom. The van der Waals surface area contributed by atoms with Crippen LogP contribution >= 0.6 is 11.6 Å². The van der Waals surface area contributed by atoms with E-state index in [0.717, 1.165) is 0 Å². The van der Waals surface area contributed by atoms with E-state index < -0.39 is 17.2 Å². The molecule has 6 nitrogen and oxygen atoms in total. The summed E-state index contributed by atoms with van der Waals surface area (Å²) < 4.78 is 28.2. The molecule has 0 unspecified atom stereocenters. The molecule has 0 aliphatic rings. The molecule has 0 aliphatic carbocycles. The lowest BCUT2D eigenvalue weighted by Gasteiger charge is -2.15. The molecule has 2 heterocycles. The summed E-state index contributed by atoms with van der Waals surface area (Å²) in [6.07, 6.45) is 2.82. The zero-order valence-electron chi connectivity index (χ0n) is 14.2. The minimum atomic E-state index is -0.561. The first kappa shape index (κ1) is 18.0. The third-order valence-electron chi connectivity index (χ3n) is 4.04.